The van der Waals surface area contributed by atoms with E-state index in [2.05, 4.69) is 13.0 Å². The van der Waals surface area contributed by atoms with Gasteiger partial charge in [-0.3, -0.25) is 0 Å². The van der Waals surface area contributed by atoms with E-state index < -0.39 is 11.9 Å². The number of methoxy groups -OCH3 is 1. The fourth-order valence-corrected chi connectivity index (χ4v) is 4.38. The molecule has 2 N–H and O–H groups in total. The van der Waals surface area contributed by atoms with Crippen LogP contribution in [0.3, 0.4) is 0 Å². The molecule has 1 aliphatic heterocycles. The first kappa shape index (κ1) is 27.4. The largest absolute Gasteiger partial charge is 0.494 e. The van der Waals surface area contributed by atoms with E-state index in [0.717, 1.165) is 24.8 Å². The Hall–Kier alpha value is -4.64. The van der Waals surface area contributed by atoms with Gasteiger partial charge in [-0.2, -0.15) is 5.26 Å². The fourth-order valence-electron chi connectivity index (χ4n) is 4.38. The summed E-state index contributed by atoms with van der Waals surface area (Å²) in [5, 5.41) is 9.92. The molecule has 0 bridgehead atoms. The molecule has 4 rings (SSSR count). The summed E-state index contributed by atoms with van der Waals surface area (Å²) in [5.74, 6) is 1.52. The van der Waals surface area contributed by atoms with Crippen LogP contribution in [0.2, 0.25) is 0 Å². The molecule has 0 amide bonds. The highest BCUT2D eigenvalue weighted by Crippen LogP contribution is 2.45. The maximum Gasteiger partial charge on any atom is 0.343 e. The number of rotatable bonds is 11. The molecule has 0 aliphatic carbocycles. The summed E-state index contributed by atoms with van der Waals surface area (Å²) in [4.78, 5) is 12.7. The number of benzene rings is 3. The van der Waals surface area contributed by atoms with Crippen LogP contribution in [0.25, 0.3) is 0 Å². The Labute approximate surface area is 228 Å². The van der Waals surface area contributed by atoms with E-state index in [1.807, 2.05) is 25.1 Å². The number of ether oxygens (including phenoxy) is 5. The van der Waals surface area contributed by atoms with Crippen molar-refractivity contribution >= 4 is 5.97 Å². The molecule has 0 saturated heterocycles. The third-order valence-corrected chi connectivity index (χ3v) is 6.33. The summed E-state index contributed by atoms with van der Waals surface area (Å²) in [7, 11) is 1.58. The van der Waals surface area contributed by atoms with Gasteiger partial charge in [-0.05, 0) is 61.4 Å². The van der Waals surface area contributed by atoms with Gasteiger partial charge >= 0.3 is 5.97 Å². The molecule has 39 heavy (non-hydrogen) atoms. The smallest absolute Gasteiger partial charge is 0.343 e. The first-order valence-electron chi connectivity index (χ1n) is 13.0. The van der Waals surface area contributed by atoms with Crippen LogP contribution in [0.15, 0.2) is 72.1 Å². The van der Waals surface area contributed by atoms with Crippen LogP contribution in [0.5, 0.6) is 28.7 Å². The van der Waals surface area contributed by atoms with Crippen molar-refractivity contribution in [1.82, 2.24) is 0 Å². The highest BCUT2D eigenvalue weighted by molar-refractivity contribution is 5.91. The highest BCUT2D eigenvalue weighted by Gasteiger charge is 2.32. The van der Waals surface area contributed by atoms with E-state index in [0.29, 0.717) is 47.3 Å². The predicted molar refractivity (Wildman–Crippen MR) is 146 cm³/mol. The number of nitrogens with zero attached hydrogens (tertiary/aromatic N) is 1. The molecule has 8 nitrogen and oxygen atoms in total. The number of unbranched alkanes of at least 4 members (excludes halogenated alkanes) is 2. The van der Waals surface area contributed by atoms with Gasteiger partial charge in [-0.1, -0.05) is 31.9 Å². The van der Waals surface area contributed by atoms with Gasteiger partial charge in [0.25, 0.3) is 0 Å². The minimum atomic E-state index is -0.522. The fraction of sp³-hybridized carbons (Fsp3) is 0.290. The minimum Gasteiger partial charge on any atom is -0.494 e. The van der Waals surface area contributed by atoms with Crippen molar-refractivity contribution < 1.29 is 28.5 Å². The van der Waals surface area contributed by atoms with Crippen LogP contribution in [0, 0.1) is 11.3 Å². The zero-order valence-corrected chi connectivity index (χ0v) is 22.4. The van der Waals surface area contributed by atoms with E-state index in [4.69, 9.17) is 29.4 Å². The Morgan fingerprint density at radius 2 is 1.74 bits per heavy atom. The second-order valence-electron chi connectivity index (χ2n) is 8.94. The Morgan fingerprint density at radius 3 is 2.44 bits per heavy atom. The van der Waals surface area contributed by atoms with Crippen molar-refractivity contribution in [2.45, 2.75) is 39.0 Å². The van der Waals surface area contributed by atoms with Gasteiger partial charge in [0, 0.05) is 11.6 Å². The van der Waals surface area contributed by atoms with Gasteiger partial charge in [0.1, 0.15) is 28.9 Å². The number of nitrogens with two attached hydrogens (primary N) is 1. The van der Waals surface area contributed by atoms with Crippen molar-refractivity contribution in [3.63, 3.8) is 0 Å². The lowest BCUT2D eigenvalue weighted by atomic mass is 9.83. The monoisotopic (exact) mass is 528 g/mol. The molecule has 0 fully saturated rings. The van der Waals surface area contributed by atoms with Gasteiger partial charge in [-0.15, -0.1) is 0 Å². The SMILES string of the molecule is CCCCCOc1ccc(C2C(C#N)=C(N)Oc3cc(OC(=O)c4ccc(OCC)cc4)ccc32)cc1OC. The number of esters is 1. The number of carbonyl (C=O) groups excluding carboxylic acids is 1. The Balaban J connectivity index is 1.60. The normalized spacial score (nSPS) is 14.1. The number of carbonyl (C=O) groups is 1. The predicted octanol–water partition coefficient (Wildman–Crippen LogP) is 6.10. The van der Waals surface area contributed by atoms with E-state index in [1.54, 1.807) is 49.6 Å². The Morgan fingerprint density at radius 1 is 0.974 bits per heavy atom. The molecule has 0 radical (unpaired) electrons. The summed E-state index contributed by atoms with van der Waals surface area (Å²) in [6.45, 7) is 5.16. The van der Waals surface area contributed by atoms with Crippen molar-refractivity contribution in [2.75, 3.05) is 20.3 Å². The second kappa shape index (κ2) is 12.7. The van der Waals surface area contributed by atoms with Gasteiger partial charge < -0.3 is 29.4 Å². The number of hydrogen-bond donors (Lipinski definition) is 1. The molecule has 0 aromatic heterocycles. The number of nitriles is 1. The van der Waals surface area contributed by atoms with Crippen molar-refractivity contribution in [2.24, 2.45) is 5.73 Å². The van der Waals surface area contributed by atoms with E-state index in [1.165, 1.54) is 0 Å². The Kier molecular flexibility index (Phi) is 8.95. The van der Waals surface area contributed by atoms with Crippen LogP contribution in [0.1, 0.15) is 60.5 Å². The first-order valence-corrected chi connectivity index (χ1v) is 13.0. The highest BCUT2D eigenvalue weighted by atomic mass is 16.5. The lowest BCUT2D eigenvalue weighted by Crippen LogP contribution is -2.21. The van der Waals surface area contributed by atoms with Crippen molar-refractivity contribution in [3.8, 4) is 34.8 Å². The lowest BCUT2D eigenvalue weighted by molar-refractivity contribution is 0.0734. The quantitative estimate of drug-likeness (QED) is 0.180. The summed E-state index contributed by atoms with van der Waals surface area (Å²) < 4.78 is 28.3. The van der Waals surface area contributed by atoms with Crippen molar-refractivity contribution in [1.29, 1.82) is 5.26 Å². The molecule has 3 aromatic carbocycles. The number of allylic oxidation sites excluding steroid dienone is 1. The van der Waals surface area contributed by atoms with Crippen LogP contribution in [0.4, 0.5) is 0 Å². The molecule has 3 aromatic rings. The molecule has 0 saturated carbocycles. The summed E-state index contributed by atoms with van der Waals surface area (Å²) in [5.41, 5.74) is 8.32. The molecule has 8 heteroatoms. The van der Waals surface area contributed by atoms with E-state index >= 15 is 0 Å². The first-order chi connectivity index (χ1) is 19.0. The van der Waals surface area contributed by atoms with Crippen LogP contribution >= 0.6 is 0 Å². The standard InChI is InChI=1S/C31H32N2O6/c1-4-6-7-16-37-26-15-10-21(17-28(26)35-3)29-24-14-13-23(18-27(24)39-30(33)25(29)19-32)38-31(34)20-8-11-22(12-9-20)36-5-2/h8-15,17-18,29H,4-7,16,33H2,1-3H3. The third-order valence-electron chi connectivity index (χ3n) is 6.33. The Bertz CT molecular complexity index is 1390. The number of hydrogen-bond acceptors (Lipinski definition) is 8. The van der Waals surface area contributed by atoms with Gasteiger partial charge in [-0.25, -0.2) is 4.79 Å². The maximum atomic E-state index is 12.7. The second-order valence-corrected chi connectivity index (χ2v) is 8.94. The lowest BCUT2D eigenvalue weighted by Gasteiger charge is -2.27. The molecular weight excluding hydrogens is 496 g/mol. The zero-order valence-electron chi connectivity index (χ0n) is 22.4. The molecular formula is C31H32N2O6. The van der Waals surface area contributed by atoms with Gasteiger partial charge in [0.2, 0.25) is 5.88 Å². The average molecular weight is 529 g/mol. The molecule has 202 valence electrons. The zero-order chi connectivity index (χ0) is 27.8. The number of fused-ring (bicyclic) bond motifs is 1. The molecule has 0 spiro atoms. The third kappa shape index (κ3) is 6.27. The minimum absolute atomic E-state index is 0.0103. The van der Waals surface area contributed by atoms with Gasteiger partial charge in [0.05, 0.1) is 31.8 Å². The van der Waals surface area contributed by atoms with E-state index in [9.17, 15) is 10.1 Å². The summed E-state index contributed by atoms with van der Waals surface area (Å²) in [6, 6.07) is 19.5. The molecule has 1 atom stereocenters. The van der Waals surface area contributed by atoms with Crippen LogP contribution < -0.4 is 29.4 Å². The summed E-state index contributed by atoms with van der Waals surface area (Å²) in [6.07, 6.45) is 3.15. The topological polar surface area (TPSA) is 113 Å². The molecule has 1 aliphatic rings. The van der Waals surface area contributed by atoms with E-state index in [-0.39, 0.29) is 17.2 Å². The maximum absolute atomic E-state index is 12.7. The summed E-state index contributed by atoms with van der Waals surface area (Å²) >= 11 is 0. The van der Waals surface area contributed by atoms with Crippen LogP contribution in [-0.2, 0) is 0 Å². The van der Waals surface area contributed by atoms with Crippen molar-refractivity contribution in [3.05, 3.63) is 88.8 Å². The molecule has 1 heterocycles. The molecule has 1 unspecified atom stereocenters. The van der Waals surface area contributed by atoms with Gasteiger partial charge in [0.15, 0.2) is 11.5 Å². The van der Waals surface area contributed by atoms with Crippen LogP contribution in [-0.4, -0.2) is 26.3 Å². The average Bonchev–Trinajstić information content (AvgIpc) is 2.95.